The molecule has 1 N–H and O–H groups in total. The summed E-state index contributed by atoms with van der Waals surface area (Å²) in [5, 5.41) is 7.06. The molecule has 0 saturated carbocycles. The second kappa shape index (κ2) is 5.87. The first kappa shape index (κ1) is 14.1. The Kier molecular flexibility index (Phi) is 3.94. The van der Waals surface area contributed by atoms with Gasteiger partial charge in [0.15, 0.2) is 5.82 Å². The summed E-state index contributed by atoms with van der Waals surface area (Å²) in [4.78, 5) is 6.28. The number of piperazine rings is 1. The van der Waals surface area contributed by atoms with E-state index in [9.17, 15) is 8.78 Å². The molecule has 1 aliphatic rings. The first-order valence-electron chi connectivity index (χ1n) is 6.86. The Morgan fingerprint density at radius 3 is 2.81 bits per heavy atom. The number of benzene rings is 1. The fourth-order valence-corrected chi connectivity index (χ4v) is 2.34. The molecule has 1 fully saturated rings. The van der Waals surface area contributed by atoms with Gasteiger partial charge < -0.3 is 9.84 Å². The molecule has 21 heavy (non-hydrogen) atoms. The average Bonchev–Trinajstić information content (AvgIpc) is 2.93. The average molecular weight is 294 g/mol. The Bertz CT molecular complexity index is 638. The van der Waals surface area contributed by atoms with E-state index >= 15 is 0 Å². The van der Waals surface area contributed by atoms with Gasteiger partial charge in [0.25, 0.3) is 5.89 Å². The van der Waals surface area contributed by atoms with Crippen molar-refractivity contribution in [3.63, 3.8) is 0 Å². The minimum Gasteiger partial charge on any atom is -0.334 e. The third-order valence-corrected chi connectivity index (χ3v) is 3.54. The molecule has 1 saturated heterocycles. The lowest BCUT2D eigenvalue weighted by Gasteiger charge is -2.25. The zero-order valence-electron chi connectivity index (χ0n) is 11.7. The molecule has 1 aromatic heterocycles. The van der Waals surface area contributed by atoms with E-state index in [2.05, 4.69) is 20.4 Å². The molecule has 0 amide bonds. The molecule has 0 spiro atoms. The van der Waals surface area contributed by atoms with Crippen LogP contribution in [0.3, 0.4) is 0 Å². The van der Waals surface area contributed by atoms with Gasteiger partial charge in [-0.2, -0.15) is 4.98 Å². The lowest BCUT2D eigenvalue weighted by atomic mass is 10.1. The van der Waals surface area contributed by atoms with E-state index < -0.39 is 11.6 Å². The van der Waals surface area contributed by atoms with Crippen LogP contribution in [0.5, 0.6) is 0 Å². The molecule has 0 atom stereocenters. The standard InChI is InChI=1S/C14H16F2N4O/c1-9-2-3-10(15)12(13(9)16)14-18-11(19-21-14)8-20-6-4-17-5-7-20/h2-3,17H,4-8H2,1H3. The Morgan fingerprint density at radius 1 is 1.29 bits per heavy atom. The predicted octanol–water partition coefficient (Wildman–Crippen LogP) is 1.73. The smallest absolute Gasteiger partial charge is 0.263 e. The van der Waals surface area contributed by atoms with Crippen LogP contribution in [0.15, 0.2) is 16.7 Å². The minimum atomic E-state index is -0.699. The summed E-state index contributed by atoms with van der Waals surface area (Å²) in [6.07, 6.45) is 0. The van der Waals surface area contributed by atoms with Crippen molar-refractivity contribution in [1.29, 1.82) is 0 Å². The molecule has 2 heterocycles. The van der Waals surface area contributed by atoms with Crippen LogP contribution in [0, 0.1) is 18.6 Å². The van der Waals surface area contributed by atoms with Gasteiger partial charge in [-0.05, 0) is 18.6 Å². The quantitative estimate of drug-likeness (QED) is 0.934. The van der Waals surface area contributed by atoms with Gasteiger partial charge in [-0.1, -0.05) is 11.2 Å². The molecule has 0 radical (unpaired) electrons. The maximum atomic E-state index is 14.0. The van der Waals surface area contributed by atoms with E-state index in [1.807, 2.05) is 0 Å². The monoisotopic (exact) mass is 294 g/mol. The van der Waals surface area contributed by atoms with Crippen LogP contribution < -0.4 is 5.32 Å². The Hall–Kier alpha value is -1.86. The van der Waals surface area contributed by atoms with Gasteiger partial charge in [-0.15, -0.1) is 0 Å². The minimum absolute atomic E-state index is 0.112. The predicted molar refractivity (Wildman–Crippen MR) is 72.5 cm³/mol. The number of nitrogens with one attached hydrogen (secondary N) is 1. The number of aromatic nitrogens is 2. The number of nitrogens with zero attached hydrogens (tertiary/aromatic N) is 3. The molecule has 0 aliphatic carbocycles. The molecule has 0 bridgehead atoms. The molecule has 2 aromatic rings. The third kappa shape index (κ3) is 2.93. The van der Waals surface area contributed by atoms with Crippen LogP contribution >= 0.6 is 0 Å². The van der Waals surface area contributed by atoms with Crippen molar-refractivity contribution in [2.45, 2.75) is 13.5 Å². The van der Waals surface area contributed by atoms with Crippen LogP contribution in [-0.2, 0) is 6.54 Å². The largest absolute Gasteiger partial charge is 0.334 e. The van der Waals surface area contributed by atoms with Gasteiger partial charge in [0.1, 0.15) is 17.2 Å². The molecular formula is C14H16F2N4O. The Labute approximate surface area is 120 Å². The number of aryl methyl sites for hydroxylation is 1. The van der Waals surface area contributed by atoms with Crippen LogP contribution in [-0.4, -0.2) is 41.2 Å². The normalized spacial score (nSPS) is 16.3. The molecular weight excluding hydrogens is 278 g/mol. The molecule has 112 valence electrons. The zero-order chi connectivity index (χ0) is 14.8. The lowest BCUT2D eigenvalue weighted by Crippen LogP contribution is -2.43. The third-order valence-electron chi connectivity index (χ3n) is 3.54. The van der Waals surface area contributed by atoms with Gasteiger partial charge in [-0.25, -0.2) is 8.78 Å². The van der Waals surface area contributed by atoms with E-state index in [4.69, 9.17) is 4.52 Å². The van der Waals surface area contributed by atoms with Gasteiger partial charge in [0.05, 0.1) is 6.54 Å². The highest BCUT2D eigenvalue weighted by Gasteiger charge is 2.21. The summed E-state index contributed by atoms with van der Waals surface area (Å²) < 4.78 is 32.9. The highest BCUT2D eigenvalue weighted by atomic mass is 19.1. The van der Waals surface area contributed by atoms with Crippen molar-refractivity contribution in [2.24, 2.45) is 0 Å². The maximum absolute atomic E-state index is 14.0. The van der Waals surface area contributed by atoms with Crippen molar-refractivity contribution < 1.29 is 13.3 Å². The first-order valence-corrected chi connectivity index (χ1v) is 6.86. The van der Waals surface area contributed by atoms with Crippen LogP contribution in [0.1, 0.15) is 11.4 Å². The Morgan fingerprint density at radius 2 is 2.05 bits per heavy atom. The summed E-state index contributed by atoms with van der Waals surface area (Å²) in [7, 11) is 0. The van der Waals surface area contributed by atoms with Gasteiger partial charge in [-0.3, -0.25) is 4.90 Å². The summed E-state index contributed by atoms with van der Waals surface area (Å²) in [5.41, 5.74) is 0.0855. The van der Waals surface area contributed by atoms with E-state index in [0.29, 0.717) is 17.9 Å². The molecule has 5 nitrogen and oxygen atoms in total. The molecule has 1 aliphatic heterocycles. The number of hydrogen-bond acceptors (Lipinski definition) is 5. The van der Waals surface area contributed by atoms with Gasteiger partial charge in [0, 0.05) is 26.2 Å². The summed E-state index contributed by atoms with van der Waals surface area (Å²) in [6, 6.07) is 2.58. The van der Waals surface area contributed by atoms with Gasteiger partial charge >= 0.3 is 0 Å². The fourth-order valence-electron chi connectivity index (χ4n) is 2.34. The van der Waals surface area contributed by atoms with Crippen molar-refractivity contribution >= 4 is 0 Å². The van der Waals surface area contributed by atoms with E-state index in [-0.39, 0.29) is 11.5 Å². The van der Waals surface area contributed by atoms with Crippen molar-refractivity contribution in [1.82, 2.24) is 20.4 Å². The molecule has 1 aromatic carbocycles. The summed E-state index contributed by atoms with van der Waals surface area (Å²) >= 11 is 0. The van der Waals surface area contributed by atoms with Crippen molar-refractivity contribution in [2.75, 3.05) is 26.2 Å². The topological polar surface area (TPSA) is 54.2 Å². The van der Waals surface area contributed by atoms with Crippen LogP contribution in [0.4, 0.5) is 8.78 Å². The maximum Gasteiger partial charge on any atom is 0.263 e. The summed E-state index contributed by atoms with van der Waals surface area (Å²) in [6.45, 7) is 5.67. The lowest BCUT2D eigenvalue weighted by molar-refractivity contribution is 0.225. The van der Waals surface area contributed by atoms with E-state index in [0.717, 1.165) is 26.2 Å². The fraction of sp³-hybridized carbons (Fsp3) is 0.429. The zero-order valence-corrected chi connectivity index (χ0v) is 11.7. The van der Waals surface area contributed by atoms with Crippen LogP contribution in [0.25, 0.3) is 11.5 Å². The second-order valence-electron chi connectivity index (χ2n) is 5.10. The SMILES string of the molecule is Cc1ccc(F)c(-c2nc(CN3CCNCC3)no2)c1F. The highest BCUT2D eigenvalue weighted by molar-refractivity contribution is 5.56. The number of rotatable bonds is 3. The molecule has 3 rings (SSSR count). The van der Waals surface area contributed by atoms with Crippen molar-refractivity contribution in [3.8, 4) is 11.5 Å². The molecule has 0 unspecified atom stereocenters. The van der Waals surface area contributed by atoms with Crippen LogP contribution in [0.2, 0.25) is 0 Å². The highest BCUT2D eigenvalue weighted by Crippen LogP contribution is 2.26. The van der Waals surface area contributed by atoms with E-state index in [1.54, 1.807) is 6.92 Å². The second-order valence-corrected chi connectivity index (χ2v) is 5.10. The first-order chi connectivity index (χ1) is 10.1. The van der Waals surface area contributed by atoms with Gasteiger partial charge in [0.2, 0.25) is 0 Å². The van der Waals surface area contributed by atoms with E-state index in [1.165, 1.54) is 12.1 Å². The number of halogens is 2. The summed E-state index contributed by atoms with van der Waals surface area (Å²) in [5.74, 6) is -1.03. The number of hydrogen-bond donors (Lipinski definition) is 1. The Balaban J connectivity index is 1.83. The van der Waals surface area contributed by atoms with Crippen molar-refractivity contribution in [3.05, 3.63) is 35.2 Å². The molecule has 7 heteroatoms.